The molecule has 13 N–H and O–H groups in total. The lowest BCUT2D eigenvalue weighted by Crippen LogP contribution is -2.76. The lowest BCUT2D eigenvalue weighted by Gasteiger charge is -2.59. The van der Waals surface area contributed by atoms with E-state index in [0.29, 0.717) is 31.1 Å². The summed E-state index contributed by atoms with van der Waals surface area (Å²) in [6.45, 7) is -2.53. The molecule has 1 unspecified atom stereocenters. The van der Waals surface area contributed by atoms with Crippen LogP contribution in [0.15, 0.2) is 0 Å². The molecule has 0 radical (unpaired) electrons. The third kappa shape index (κ3) is 15.0. The molecule has 0 aromatic heterocycles. The minimum atomic E-state index is -3.11. The second kappa shape index (κ2) is 21.4. The Labute approximate surface area is 273 Å². The third-order valence-electron chi connectivity index (χ3n) is 7.26. The van der Waals surface area contributed by atoms with Crippen LogP contribution in [0, 0.1) is 0 Å². The van der Waals surface area contributed by atoms with Gasteiger partial charge in [0.25, 0.3) is 0 Å². The first-order chi connectivity index (χ1) is 22.3. The zero-order valence-corrected chi connectivity index (χ0v) is 26.0. The van der Waals surface area contributed by atoms with Crippen molar-refractivity contribution in [2.24, 2.45) is 5.73 Å². The van der Waals surface area contributed by atoms with Gasteiger partial charge in [0.1, 0.15) is 0 Å². The lowest BCUT2D eigenvalue weighted by atomic mass is 9.65. The fourth-order valence-electron chi connectivity index (χ4n) is 5.70. The summed E-state index contributed by atoms with van der Waals surface area (Å²) in [6, 6.07) is -1.71. The van der Waals surface area contributed by atoms with Gasteiger partial charge >= 0.3 is 47.8 Å². The average Bonchev–Trinajstić information content (AvgIpc) is 2.91. The maximum Gasteiger partial charge on any atom is 0.317 e. The van der Waals surface area contributed by atoms with E-state index in [-0.39, 0.29) is 18.0 Å². The molecule has 274 valence electrons. The molecule has 0 aliphatic heterocycles. The fourth-order valence-corrected chi connectivity index (χ4v) is 5.70. The van der Waals surface area contributed by atoms with Gasteiger partial charge in [0.15, 0.2) is 0 Å². The van der Waals surface area contributed by atoms with Crippen LogP contribution in [0.3, 0.4) is 0 Å². The molecule has 0 amide bonds. The van der Waals surface area contributed by atoms with E-state index in [1.807, 2.05) is 0 Å². The van der Waals surface area contributed by atoms with E-state index in [2.05, 4.69) is 16.0 Å². The first-order valence-corrected chi connectivity index (χ1v) is 14.4. The summed E-state index contributed by atoms with van der Waals surface area (Å²) in [5, 5.41) is 88.0. The maximum absolute atomic E-state index is 12.5. The molecule has 0 aromatic rings. The van der Waals surface area contributed by atoms with Crippen LogP contribution in [0.4, 0.5) is 0 Å². The molecule has 0 aliphatic rings. The molecule has 0 rings (SSSR count). The van der Waals surface area contributed by atoms with Crippen LogP contribution in [0.5, 0.6) is 0 Å². The molecule has 0 spiro atoms. The van der Waals surface area contributed by atoms with E-state index in [9.17, 15) is 79.2 Å². The zero-order chi connectivity index (χ0) is 37.1. The summed E-state index contributed by atoms with van der Waals surface area (Å²) in [5.41, 5.74) is -0.803. The van der Waals surface area contributed by atoms with Gasteiger partial charge in [-0.2, -0.15) is 0 Å². The van der Waals surface area contributed by atoms with E-state index in [0.717, 1.165) is 0 Å². The Morgan fingerprint density at radius 1 is 0.500 bits per heavy atom. The molecule has 22 heteroatoms. The molecule has 0 saturated heterocycles. The molecule has 0 saturated carbocycles. The van der Waals surface area contributed by atoms with E-state index in [1.54, 1.807) is 0 Å². The first kappa shape index (κ1) is 43.5. The van der Waals surface area contributed by atoms with Crippen LogP contribution in [0.25, 0.3) is 0 Å². The minimum absolute atomic E-state index is 0.0817. The van der Waals surface area contributed by atoms with Gasteiger partial charge < -0.3 is 62.5 Å². The Kier molecular flexibility index (Phi) is 19.4. The van der Waals surface area contributed by atoms with Crippen molar-refractivity contribution in [3.8, 4) is 0 Å². The summed E-state index contributed by atoms with van der Waals surface area (Å²) in [7, 11) is 0. The van der Waals surface area contributed by atoms with Crippen molar-refractivity contribution >= 4 is 47.8 Å². The molecular formula is C26H44N6O16. The monoisotopic (exact) mass is 696 g/mol. The van der Waals surface area contributed by atoms with Crippen LogP contribution < -0.4 is 21.7 Å². The van der Waals surface area contributed by atoms with Crippen molar-refractivity contribution < 1.29 is 79.2 Å². The maximum atomic E-state index is 12.5. The zero-order valence-electron chi connectivity index (χ0n) is 26.0. The number of nitrogens with zero attached hydrogens (tertiary/aromatic N) is 2. The molecule has 22 nitrogen and oxygen atoms in total. The highest BCUT2D eigenvalue weighted by Crippen LogP contribution is 2.46. The van der Waals surface area contributed by atoms with Gasteiger partial charge in [-0.1, -0.05) is 0 Å². The van der Waals surface area contributed by atoms with Crippen molar-refractivity contribution in [1.29, 1.82) is 0 Å². The van der Waals surface area contributed by atoms with Gasteiger partial charge in [0.2, 0.25) is 0 Å². The van der Waals surface area contributed by atoms with Crippen molar-refractivity contribution in [2.45, 2.75) is 49.2 Å². The molecule has 48 heavy (non-hydrogen) atoms. The van der Waals surface area contributed by atoms with E-state index in [1.165, 1.54) is 0 Å². The third-order valence-corrected chi connectivity index (χ3v) is 7.26. The molecular weight excluding hydrogens is 652 g/mol. The highest BCUT2D eigenvalue weighted by molar-refractivity contribution is 5.81. The number of carbonyl (C=O) groups is 8. The average molecular weight is 697 g/mol. The van der Waals surface area contributed by atoms with Crippen LogP contribution in [0.2, 0.25) is 0 Å². The highest BCUT2D eigenvalue weighted by Gasteiger charge is 2.63. The standard InChI is InChI=1S/C26H44N6O16/c27-1-2-28-3-4-29-5-6-30-12-16(7-17(33)34)32(15-24(47)48)26(10-20(39)40,11-21(41)42)25(8-18(35)36,9-19(37)38)31(13-22(43)44)14-23(45)46/h16,28-30H,1-15,27H2,(H,33,34)(H,35,36)(H,37,38)(H,39,40)(H,41,42)(H,43,44)(H,45,46)(H,47,48). The minimum Gasteiger partial charge on any atom is -0.481 e. The van der Waals surface area contributed by atoms with Crippen molar-refractivity contribution in [3.05, 3.63) is 0 Å². The SMILES string of the molecule is NCCNCCNCCNCC(CC(=O)O)N(CC(=O)O)C(CC(=O)O)(CC(=O)O)C(CC(=O)O)(CC(=O)O)N(CC(=O)O)CC(=O)O. The summed E-state index contributed by atoms with van der Waals surface area (Å²) in [4.78, 5) is 98.7. The van der Waals surface area contributed by atoms with Crippen LogP contribution in [-0.2, 0) is 38.4 Å². The first-order valence-electron chi connectivity index (χ1n) is 14.4. The summed E-state index contributed by atoms with van der Waals surface area (Å²) >= 11 is 0. The van der Waals surface area contributed by atoms with E-state index < -0.39 is 123 Å². The highest BCUT2D eigenvalue weighted by atomic mass is 16.4. The molecule has 0 heterocycles. The Morgan fingerprint density at radius 2 is 0.875 bits per heavy atom. The topological polar surface area (TPSA) is 367 Å². The van der Waals surface area contributed by atoms with E-state index in [4.69, 9.17) is 5.73 Å². The molecule has 0 bridgehead atoms. The van der Waals surface area contributed by atoms with Crippen LogP contribution in [-0.4, -0.2) is 181 Å². The Morgan fingerprint density at radius 3 is 1.23 bits per heavy atom. The normalized spacial score (nSPS) is 12.5. The molecule has 0 aromatic carbocycles. The van der Waals surface area contributed by atoms with Crippen molar-refractivity contribution in [1.82, 2.24) is 25.8 Å². The van der Waals surface area contributed by atoms with Gasteiger partial charge in [-0.25, -0.2) is 0 Å². The number of carboxylic acid groups (broad SMARTS) is 8. The van der Waals surface area contributed by atoms with Gasteiger partial charge in [0.05, 0.1) is 62.8 Å². The number of hydrogen-bond donors (Lipinski definition) is 12. The van der Waals surface area contributed by atoms with Gasteiger partial charge in [-0.15, -0.1) is 0 Å². The second-order valence-electron chi connectivity index (χ2n) is 10.8. The summed E-state index contributed by atoms with van der Waals surface area (Å²) < 4.78 is 0. The number of rotatable bonds is 30. The summed E-state index contributed by atoms with van der Waals surface area (Å²) in [6.07, 6.45) is -7.42. The fraction of sp³-hybridized carbons (Fsp3) is 0.692. The predicted molar refractivity (Wildman–Crippen MR) is 159 cm³/mol. The Balaban J connectivity index is 7.70. The number of nitrogens with two attached hydrogens (primary N) is 1. The van der Waals surface area contributed by atoms with Gasteiger partial charge in [0, 0.05) is 51.9 Å². The Hall–Kier alpha value is -4.48. The number of hydrogen-bond acceptors (Lipinski definition) is 14. The molecule has 1 atom stereocenters. The number of carboxylic acids is 8. The van der Waals surface area contributed by atoms with Gasteiger partial charge in [-0.3, -0.25) is 48.2 Å². The molecule has 0 aliphatic carbocycles. The lowest BCUT2D eigenvalue weighted by molar-refractivity contribution is -0.181. The molecule has 0 fully saturated rings. The smallest absolute Gasteiger partial charge is 0.317 e. The largest absolute Gasteiger partial charge is 0.481 e. The van der Waals surface area contributed by atoms with Crippen molar-refractivity contribution in [2.75, 3.05) is 65.4 Å². The van der Waals surface area contributed by atoms with E-state index >= 15 is 0 Å². The van der Waals surface area contributed by atoms with Crippen LogP contribution in [0.1, 0.15) is 32.1 Å². The Bertz CT molecular complexity index is 1100. The quantitative estimate of drug-likeness (QED) is 0.0317. The number of nitrogens with one attached hydrogen (secondary N) is 3. The van der Waals surface area contributed by atoms with Crippen molar-refractivity contribution in [3.63, 3.8) is 0 Å². The second-order valence-corrected chi connectivity index (χ2v) is 10.8. The van der Waals surface area contributed by atoms with Gasteiger partial charge in [-0.05, 0) is 0 Å². The number of aliphatic carboxylic acids is 8. The summed E-state index contributed by atoms with van der Waals surface area (Å²) in [5.74, 6) is -15.0. The van der Waals surface area contributed by atoms with Crippen LogP contribution >= 0.6 is 0 Å². The predicted octanol–water partition coefficient (Wildman–Crippen LogP) is -4.21.